The normalized spacial score (nSPS) is 17.2. The van der Waals surface area contributed by atoms with E-state index in [0.29, 0.717) is 0 Å². The van der Waals surface area contributed by atoms with Crippen LogP contribution in [0.5, 0.6) is 0 Å². The first-order chi connectivity index (χ1) is 12.2. The molecule has 1 aliphatic rings. The Kier molecular flexibility index (Phi) is 5.73. The Morgan fingerprint density at radius 2 is 1.76 bits per heavy atom. The minimum atomic E-state index is -0.492. The van der Waals surface area contributed by atoms with Gasteiger partial charge in [-0.3, -0.25) is 14.8 Å². The molecule has 132 valence electrons. The number of aromatic nitrogens is 1. The largest absolute Gasteiger partial charge is 0.468 e. The molecule has 0 spiro atoms. The highest BCUT2D eigenvalue weighted by atomic mass is 19.1. The minimum absolute atomic E-state index is 0.311. The van der Waals surface area contributed by atoms with Crippen molar-refractivity contribution < 1.29 is 13.9 Å². The van der Waals surface area contributed by atoms with E-state index < -0.39 is 6.04 Å². The van der Waals surface area contributed by atoms with Gasteiger partial charge in [-0.2, -0.15) is 0 Å². The summed E-state index contributed by atoms with van der Waals surface area (Å²) in [7, 11) is 1.39. The Labute approximate surface area is 147 Å². The predicted molar refractivity (Wildman–Crippen MR) is 92.2 cm³/mol. The number of esters is 1. The maximum atomic E-state index is 13.2. The van der Waals surface area contributed by atoms with E-state index in [0.717, 1.165) is 38.3 Å². The highest BCUT2D eigenvalue weighted by molar-refractivity contribution is 5.77. The van der Waals surface area contributed by atoms with Crippen LogP contribution in [0.25, 0.3) is 0 Å². The second-order valence-electron chi connectivity index (χ2n) is 6.14. The lowest BCUT2D eigenvalue weighted by atomic mass is 10.0. The molecule has 2 heterocycles. The van der Waals surface area contributed by atoms with Gasteiger partial charge in [-0.05, 0) is 35.4 Å². The van der Waals surface area contributed by atoms with Crippen molar-refractivity contribution in [2.75, 3.05) is 33.3 Å². The summed E-state index contributed by atoms with van der Waals surface area (Å²) < 4.78 is 18.2. The van der Waals surface area contributed by atoms with Gasteiger partial charge in [0, 0.05) is 45.1 Å². The number of carbonyl (C=O) groups excluding carboxylic acids is 1. The maximum Gasteiger partial charge on any atom is 0.327 e. The molecule has 1 fully saturated rings. The van der Waals surface area contributed by atoms with Crippen molar-refractivity contribution >= 4 is 5.97 Å². The van der Waals surface area contributed by atoms with E-state index in [1.54, 1.807) is 24.5 Å². The third-order valence-corrected chi connectivity index (χ3v) is 4.54. The highest BCUT2D eigenvalue weighted by Gasteiger charge is 2.31. The number of rotatable bonds is 5. The van der Waals surface area contributed by atoms with Crippen molar-refractivity contribution in [3.8, 4) is 0 Å². The third-order valence-electron chi connectivity index (χ3n) is 4.54. The summed E-state index contributed by atoms with van der Waals surface area (Å²) in [5.41, 5.74) is 1.99. The smallest absolute Gasteiger partial charge is 0.327 e. The van der Waals surface area contributed by atoms with Crippen molar-refractivity contribution in [2.45, 2.75) is 12.6 Å². The first-order valence-corrected chi connectivity index (χ1v) is 8.36. The van der Waals surface area contributed by atoms with Crippen molar-refractivity contribution in [1.29, 1.82) is 0 Å². The molecule has 25 heavy (non-hydrogen) atoms. The molecular weight excluding hydrogens is 321 g/mol. The van der Waals surface area contributed by atoms with Crippen LogP contribution in [0.1, 0.15) is 17.2 Å². The summed E-state index contributed by atoms with van der Waals surface area (Å²) in [6, 6.07) is 9.61. The quantitative estimate of drug-likeness (QED) is 0.779. The fraction of sp³-hybridized carbons (Fsp3) is 0.368. The SMILES string of the molecule is COC(=O)[C@@H](c1ccc(F)cc1)N1CCN(Cc2ccncc2)CC1. The number of halogens is 1. The summed E-state index contributed by atoms with van der Waals surface area (Å²) in [5, 5.41) is 0. The van der Waals surface area contributed by atoms with Crippen LogP contribution in [0.2, 0.25) is 0 Å². The summed E-state index contributed by atoms with van der Waals surface area (Å²) in [5.74, 6) is -0.622. The third kappa shape index (κ3) is 4.41. The molecule has 1 saturated heterocycles. The second kappa shape index (κ2) is 8.18. The molecule has 0 radical (unpaired) electrons. The van der Waals surface area contributed by atoms with E-state index >= 15 is 0 Å². The van der Waals surface area contributed by atoms with Crippen LogP contribution in [-0.4, -0.2) is 54.0 Å². The molecular formula is C19H22FN3O2. The van der Waals surface area contributed by atoms with Crippen molar-refractivity contribution in [1.82, 2.24) is 14.8 Å². The van der Waals surface area contributed by atoms with E-state index in [1.165, 1.54) is 24.8 Å². The van der Waals surface area contributed by atoms with Crippen LogP contribution in [0.3, 0.4) is 0 Å². The number of hydrogen-bond acceptors (Lipinski definition) is 5. The van der Waals surface area contributed by atoms with Gasteiger partial charge < -0.3 is 4.74 Å². The number of piperazine rings is 1. The molecule has 1 atom stereocenters. The molecule has 1 aromatic carbocycles. The number of pyridine rings is 1. The maximum absolute atomic E-state index is 13.2. The van der Waals surface area contributed by atoms with Crippen LogP contribution in [0.15, 0.2) is 48.8 Å². The van der Waals surface area contributed by atoms with Crippen molar-refractivity contribution in [2.24, 2.45) is 0 Å². The summed E-state index contributed by atoms with van der Waals surface area (Å²) in [6.45, 7) is 4.09. The first kappa shape index (κ1) is 17.5. The van der Waals surface area contributed by atoms with Gasteiger partial charge in [-0.25, -0.2) is 9.18 Å². The second-order valence-corrected chi connectivity index (χ2v) is 6.14. The summed E-state index contributed by atoms with van der Waals surface area (Å²) >= 11 is 0. The van der Waals surface area contributed by atoms with Crippen LogP contribution in [-0.2, 0) is 16.1 Å². The van der Waals surface area contributed by atoms with Gasteiger partial charge in [0.05, 0.1) is 7.11 Å². The van der Waals surface area contributed by atoms with Crippen LogP contribution in [0.4, 0.5) is 4.39 Å². The molecule has 3 rings (SSSR count). The van der Waals surface area contributed by atoms with Gasteiger partial charge in [0.25, 0.3) is 0 Å². The van der Waals surface area contributed by atoms with E-state index in [9.17, 15) is 9.18 Å². The van der Waals surface area contributed by atoms with Gasteiger partial charge in [0.1, 0.15) is 11.9 Å². The molecule has 0 amide bonds. The lowest BCUT2D eigenvalue weighted by Gasteiger charge is -2.38. The fourth-order valence-electron chi connectivity index (χ4n) is 3.18. The monoisotopic (exact) mass is 343 g/mol. The summed E-state index contributed by atoms with van der Waals surface area (Å²) in [4.78, 5) is 20.8. The number of ether oxygens (including phenoxy) is 1. The lowest BCUT2D eigenvalue weighted by Crippen LogP contribution is -2.49. The Bertz CT molecular complexity index is 686. The van der Waals surface area contributed by atoms with E-state index in [-0.39, 0.29) is 11.8 Å². The lowest BCUT2D eigenvalue weighted by molar-refractivity contribution is -0.148. The number of benzene rings is 1. The van der Waals surface area contributed by atoms with Gasteiger partial charge in [0.15, 0.2) is 0 Å². The number of nitrogens with zero attached hydrogens (tertiary/aromatic N) is 3. The molecule has 1 aromatic heterocycles. The first-order valence-electron chi connectivity index (χ1n) is 8.36. The molecule has 2 aromatic rings. The molecule has 1 aliphatic heterocycles. The fourth-order valence-corrected chi connectivity index (χ4v) is 3.18. The molecule has 0 unspecified atom stereocenters. The molecule has 6 heteroatoms. The number of hydrogen-bond donors (Lipinski definition) is 0. The Morgan fingerprint density at radius 3 is 2.36 bits per heavy atom. The Balaban J connectivity index is 1.66. The van der Waals surface area contributed by atoms with E-state index in [2.05, 4.69) is 14.8 Å². The van der Waals surface area contributed by atoms with Crippen LogP contribution >= 0.6 is 0 Å². The average molecular weight is 343 g/mol. The van der Waals surface area contributed by atoms with Crippen LogP contribution < -0.4 is 0 Å². The van der Waals surface area contributed by atoms with Gasteiger partial charge in [0.2, 0.25) is 0 Å². The van der Waals surface area contributed by atoms with Gasteiger partial charge in [-0.15, -0.1) is 0 Å². The minimum Gasteiger partial charge on any atom is -0.468 e. The van der Waals surface area contributed by atoms with E-state index in [1.807, 2.05) is 12.1 Å². The van der Waals surface area contributed by atoms with Crippen LogP contribution in [0, 0.1) is 5.82 Å². The molecule has 0 saturated carbocycles. The van der Waals surface area contributed by atoms with Crippen molar-refractivity contribution in [3.05, 3.63) is 65.7 Å². The van der Waals surface area contributed by atoms with Gasteiger partial charge in [-0.1, -0.05) is 12.1 Å². The zero-order chi connectivity index (χ0) is 17.6. The Hall–Kier alpha value is -2.31. The van der Waals surface area contributed by atoms with Gasteiger partial charge >= 0.3 is 5.97 Å². The highest BCUT2D eigenvalue weighted by Crippen LogP contribution is 2.24. The predicted octanol–water partition coefficient (Wildman–Crippen LogP) is 2.25. The molecule has 0 aliphatic carbocycles. The topological polar surface area (TPSA) is 45.7 Å². The van der Waals surface area contributed by atoms with Crippen molar-refractivity contribution in [3.63, 3.8) is 0 Å². The average Bonchev–Trinajstić information content (AvgIpc) is 2.65. The molecule has 0 N–H and O–H groups in total. The Morgan fingerprint density at radius 1 is 1.12 bits per heavy atom. The zero-order valence-corrected chi connectivity index (χ0v) is 14.3. The summed E-state index contributed by atoms with van der Waals surface area (Å²) in [6.07, 6.45) is 3.60. The molecule has 0 bridgehead atoms. The standard InChI is InChI=1S/C19H22FN3O2/c1-25-19(24)18(16-2-4-17(20)5-3-16)23-12-10-22(11-13-23)14-15-6-8-21-9-7-15/h2-9,18H,10-14H2,1H3/t18-/m1/s1. The molecule has 5 nitrogen and oxygen atoms in total. The number of methoxy groups -OCH3 is 1. The number of carbonyl (C=O) groups is 1. The zero-order valence-electron chi connectivity index (χ0n) is 14.3. The van der Waals surface area contributed by atoms with E-state index in [4.69, 9.17) is 4.74 Å².